The van der Waals surface area contributed by atoms with E-state index in [-0.39, 0.29) is 11.5 Å². The van der Waals surface area contributed by atoms with Gasteiger partial charge in [-0.1, -0.05) is 6.07 Å². The number of thiophene rings is 1. The van der Waals surface area contributed by atoms with Crippen molar-refractivity contribution in [1.29, 1.82) is 0 Å². The molecule has 2 aliphatic rings. The van der Waals surface area contributed by atoms with Gasteiger partial charge in [0.15, 0.2) is 0 Å². The Hall–Kier alpha value is -2.87. The Kier molecular flexibility index (Phi) is 5.17. The first kappa shape index (κ1) is 20.1. The molecule has 1 fully saturated rings. The van der Waals surface area contributed by atoms with Gasteiger partial charge < -0.3 is 14.5 Å². The van der Waals surface area contributed by atoms with Gasteiger partial charge in [-0.3, -0.25) is 14.2 Å². The maximum atomic E-state index is 13.2. The Morgan fingerprint density at radius 2 is 1.90 bits per heavy atom. The summed E-state index contributed by atoms with van der Waals surface area (Å²) < 4.78 is 6.92. The highest BCUT2D eigenvalue weighted by Crippen LogP contribution is 2.34. The summed E-state index contributed by atoms with van der Waals surface area (Å²) in [6.45, 7) is 2.47. The van der Waals surface area contributed by atoms with Crippen LogP contribution < -0.4 is 15.2 Å². The summed E-state index contributed by atoms with van der Waals surface area (Å²) in [5.41, 5.74) is 1.90. The molecule has 0 unspecified atom stereocenters. The highest BCUT2D eigenvalue weighted by Gasteiger charge is 2.27. The molecule has 1 amide bonds. The zero-order valence-corrected chi connectivity index (χ0v) is 18.7. The molecule has 8 heteroatoms. The molecule has 1 aliphatic carbocycles. The number of nitrogens with zero attached hydrogens (tertiary/aromatic N) is 4. The summed E-state index contributed by atoms with van der Waals surface area (Å²) >= 11 is 1.68. The summed E-state index contributed by atoms with van der Waals surface area (Å²) in [5.74, 6) is 1.38. The lowest BCUT2D eigenvalue weighted by Crippen LogP contribution is -2.50. The maximum Gasteiger partial charge on any atom is 0.263 e. The molecule has 0 spiro atoms. The van der Waals surface area contributed by atoms with Crippen molar-refractivity contribution < 1.29 is 9.53 Å². The molecule has 3 aromatic rings. The maximum absolute atomic E-state index is 13.2. The van der Waals surface area contributed by atoms with E-state index in [0.29, 0.717) is 43.4 Å². The van der Waals surface area contributed by atoms with Crippen molar-refractivity contribution in [2.45, 2.75) is 25.7 Å². The number of carbonyl (C=O) groups is 1. The average molecular weight is 439 g/mol. The van der Waals surface area contributed by atoms with Gasteiger partial charge in [-0.05, 0) is 49.4 Å². The van der Waals surface area contributed by atoms with Crippen LogP contribution in [0.1, 0.15) is 33.6 Å². The van der Waals surface area contributed by atoms with E-state index in [9.17, 15) is 9.59 Å². The standard InChI is InChI=1S/C23H26N4O3S/c1-25-22(29)19-17-8-3-4-9-18(17)31-20(19)24-23(25)27-12-10-26(11-13-27)21(28)15-6-5-7-16(14-15)30-2/h5-7,14H,3-4,8-13H2,1-2H3. The molecule has 0 bridgehead atoms. The van der Waals surface area contributed by atoms with E-state index >= 15 is 0 Å². The van der Waals surface area contributed by atoms with E-state index < -0.39 is 0 Å². The van der Waals surface area contributed by atoms with E-state index in [0.717, 1.165) is 29.5 Å². The Bertz CT molecular complexity index is 1210. The zero-order valence-electron chi connectivity index (χ0n) is 17.9. The normalized spacial score (nSPS) is 16.5. The van der Waals surface area contributed by atoms with Crippen LogP contribution in [0.4, 0.5) is 5.95 Å². The smallest absolute Gasteiger partial charge is 0.263 e. The molecule has 1 aromatic carbocycles. The lowest BCUT2D eigenvalue weighted by atomic mass is 9.97. The molecule has 7 nitrogen and oxygen atoms in total. The van der Waals surface area contributed by atoms with Crippen molar-refractivity contribution in [1.82, 2.24) is 14.5 Å². The first-order chi connectivity index (χ1) is 15.1. The van der Waals surface area contributed by atoms with E-state index in [4.69, 9.17) is 9.72 Å². The molecule has 31 heavy (non-hydrogen) atoms. The summed E-state index contributed by atoms with van der Waals surface area (Å²) in [6.07, 6.45) is 4.37. The number of anilines is 1. The van der Waals surface area contributed by atoms with Crippen molar-refractivity contribution in [2.24, 2.45) is 7.05 Å². The summed E-state index contributed by atoms with van der Waals surface area (Å²) in [4.78, 5) is 37.1. The van der Waals surface area contributed by atoms with Gasteiger partial charge in [0, 0.05) is 43.7 Å². The molecular formula is C23H26N4O3S. The van der Waals surface area contributed by atoms with Gasteiger partial charge in [-0.15, -0.1) is 11.3 Å². The van der Waals surface area contributed by atoms with Crippen molar-refractivity contribution in [3.8, 4) is 5.75 Å². The van der Waals surface area contributed by atoms with Gasteiger partial charge in [0.05, 0.1) is 12.5 Å². The summed E-state index contributed by atoms with van der Waals surface area (Å²) in [7, 11) is 3.41. The SMILES string of the molecule is COc1cccc(C(=O)N2CCN(c3nc4sc5c(c4c(=O)n3C)CCCC5)CC2)c1. The molecule has 0 saturated carbocycles. The van der Waals surface area contributed by atoms with Crippen molar-refractivity contribution in [3.63, 3.8) is 0 Å². The molecular weight excluding hydrogens is 412 g/mol. The van der Waals surface area contributed by atoms with Crippen molar-refractivity contribution >= 4 is 33.4 Å². The minimum absolute atomic E-state index is 0.00165. The number of hydrogen-bond acceptors (Lipinski definition) is 6. The Morgan fingerprint density at radius 3 is 2.68 bits per heavy atom. The molecule has 162 valence electrons. The second-order valence-corrected chi connectivity index (χ2v) is 9.26. The summed E-state index contributed by atoms with van der Waals surface area (Å²) in [5, 5.41) is 0.817. The molecule has 0 N–H and O–H groups in total. The third kappa shape index (κ3) is 3.48. The number of ether oxygens (including phenoxy) is 1. The molecule has 3 heterocycles. The molecule has 2 aromatic heterocycles. The van der Waals surface area contributed by atoms with Crippen molar-refractivity contribution in [3.05, 3.63) is 50.6 Å². The second-order valence-electron chi connectivity index (χ2n) is 8.18. The number of carbonyl (C=O) groups excluding carboxylic acids is 1. The van der Waals surface area contributed by atoms with E-state index in [1.54, 1.807) is 29.1 Å². The van der Waals surface area contributed by atoms with E-state index in [1.165, 1.54) is 16.9 Å². The first-order valence-electron chi connectivity index (χ1n) is 10.8. The molecule has 0 radical (unpaired) electrons. The van der Waals surface area contributed by atoms with Crippen LogP contribution in [0.5, 0.6) is 5.75 Å². The quantitative estimate of drug-likeness (QED) is 0.629. The van der Waals surface area contributed by atoms with Crippen molar-refractivity contribution in [2.75, 3.05) is 38.2 Å². The second kappa shape index (κ2) is 8.00. The van der Waals surface area contributed by atoms with Crippen LogP contribution >= 0.6 is 11.3 Å². The highest BCUT2D eigenvalue weighted by atomic mass is 32.1. The van der Waals surface area contributed by atoms with Gasteiger partial charge >= 0.3 is 0 Å². The number of piperazine rings is 1. The van der Waals surface area contributed by atoms with Crippen LogP contribution in [0.3, 0.4) is 0 Å². The number of rotatable bonds is 3. The van der Waals surface area contributed by atoms with Gasteiger partial charge in [-0.2, -0.15) is 0 Å². The third-order valence-corrected chi connectivity index (χ3v) is 7.52. The number of benzene rings is 1. The fourth-order valence-corrected chi connectivity index (χ4v) is 5.85. The van der Waals surface area contributed by atoms with Crippen LogP contribution in [0.15, 0.2) is 29.1 Å². The minimum atomic E-state index is 0.00165. The number of amides is 1. The predicted molar refractivity (Wildman–Crippen MR) is 123 cm³/mol. The van der Waals surface area contributed by atoms with Crippen LogP contribution in [0.25, 0.3) is 10.2 Å². The first-order valence-corrected chi connectivity index (χ1v) is 11.6. The number of aryl methyl sites for hydroxylation is 2. The Morgan fingerprint density at radius 1 is 1.13 bits per heavy atom. The number of hydrogen-bond donors (Lipinski definition) is 0. The number of aromatic nitrogens is 2. The Labute approximate surface area is 184 Å². The topological polar surface area (TPSA) is 67.7 Å². The van der Waals surface area contributed by atoms with Crippen LogP contribution in [0, 0.1) is 0 Å². The molecule has 1 aliphatic heterocycles. The van der Waals surface area contributed by atoms with Crippen LogP contribution in [0.2, 0.25) is 0 Å². The van der Waals surface area contributed by atoms with Crippen LogP contribution in [-0.4, -0.2) is 53.6 Å². The predicted octanol–water partition coefficient (Wildman–Crippen LogP) is 2.84. The van der Waals surface area contributed by atoms with Gasteiger partial charge in [0.1, 0.15) is 10.6 Å². The summed E-state index contributed by atoms with van der Waals surface area (Å²) in [6, 6.07) is 7.25. The lowest BCUT2D eigenvalue weighted by molar-refractivity contribution is 0.0745. The minimum Gasteiger partial charge on any atom is -0.497 e. The fraction of sp³-hybridized carbons (Fsp3) is 0.435. The largest absolute Gasteiger partial charge is 0.497 e. The lowest BCUT2D eigenvalue weighted by Gasteiger charge is -2.35. The molecule has 5 rings (SSSR count). The number of methoxy groups -OCH3 is 1. The fourth-order valence-electron chi connectivity index (χ4n) is 4.61. The third-order valence-electron chi connectivity index (χ3n) is 6.34. The molecule has 1 saturated heterocycles. The van der Waals surface area contributed by atoms with E-state index in [1.807, 2.05) is 30.1 Å². The van der Waals surface area contributed by atoms with Gasteiger partial charge in [-0.25, -0.2) is 4.98 Å². The zero-order chi connectivity index (χ0) is 21.5. The number of fused-ring (bicyclic) bond motifs is 3. The highest BCUT2D eigenvalue weighted by molar-refractivity contribution is 7.18. The average Bonchev–Trinajstić information content (AvgIpc) is 3.19. The van der Waals surface area contributed by atoms with Crippen LogP contribution in [-0.2, 0) is 19.9 Å². The van der Waals surface area contributed by atoms with Gasteiger partial charge in [0.25, 0.3) is 11.5 Å². The van der Waals surface area contributed by atoms with E-state index in [2.05, 4.69) is 4.90 Å². The Balaban J connectivity index is 1.37. The molecule has 0 atom stereocenters. The van der Waals surface area contributed by atoms with Gasteiger partial charge in [0.2, 0.25) is 5.95 Å². The monoisotopic (exact) mass is 438 g/mol.